The van der Waals surface area contributed by atoms with Crippen LogP contribution < -0.4 is 10.2 Å². The van der Waals surface area contributed by atoms with E-state index in [2.05, 4.69) is 44.0 Å². The van der Waals surface area contributed by atoms with E-state index >= 15 is 0 Å². The number of rotatable bonds is 2. The van der Waals surface area contributed by atoms with Crippen LogP contribution in [0.15, 0.2) is 23.6 Å². The Kier molecular flexibility index (Phi) is 2.63. The molecule has 1 fully saturated rings. The molecule has 0 aromatic carbocycles. The predicted octanol–water partition coefficient (Wildman–Crippen LogP) is 1.55. The fourth-order valence-corrected chi connectivity index (χ4v) is 2.62. The molecule has 0 bridgehead atoms. The average Bonchev–Trinajstić information content (AvgIpc) is 3.01. The van der Waals surface area contributed by atoms with Crippen LogP contribution in [0.3, 0.4) is 0 Å². The number of hydrogen-bond acceptors (Lipinski definition) is 4. The second kappa shape index (κ2) is 4.27. The van der Waals surface area contributed by atoms with Crippen LogP contribution in [0.5, 0.6) is 0 Å². The Balaban J connectivity index is 1.82. The topological polar surface area (TPSA) is 44.0 Å². The molecule has 2 N–H and O–H groups in total. The number of aromatic amines is 1. The summed E-state index contributed by atoms with van der Waals surface area (Å²) in [5.41, 5.74) is 1.11. The molecule has 2 aromatic heterocycles. The minimum Gasteiger partial charge on any atom is -0.353 e. The third-order valence-electron chi connectivity index (χ3n) is 2.79. The van der Waals surface area contributed by atoms with Crippen molar-refractivity contribution in [2.24, 2.45) is 0 Å². The first-order chi connectivity index (χ1) is 7.93. The smallest absolute Gasteiger partial charge is 0.151 e. The first-order valence-corrected chi connectivity index (χ1v) is 6.36. The second-order valence-electron chi connectivity index (χ2n) is 3.85. The van der Waals surface area contributed by atoms with Gasteiger partial charge in [-0.3, -0.25) is 5.10 Å². The molecule has 0 unspecified atom stereocenters. The van der Waals surface area contributed by atoms with Crippen molar-refractivity contribution in [1.82, 2.24) is 15.5 Å². The number of piperazine rings is 1. The Morgan fingerprint density at radius 2 is 2.19 bits per heavy atom. The summed E-state index contributed by atoms with van der Waals surface area (Å²) in [4.78, 5) is 3.55. The molecule has 0 saturated carbocycles. The number of H-pyrrole nitrogens is 1. The van der Waals surface area contributed by atoms with Crippen molar-refractivity contribution in [3.8, 4) is 10.6 Å². The highest BCUT2D eigenvalue weighted by molar-refractivity contribution is 7.13. The predicted molar refractivity (Wildman–Crippen MR) is 67.0 cm³/mol. The van der Waals surface area contributed by atoms with Crippen LogP contribution in [-0.2, 0) is 0 Å². The minimum atomic E-state index is 1.04. The van der Waals surface area contributed by atoms with Crippen LogP contribution in [0.1, 0.15) is 0 Å². The van der Waals surface area contributed by atoms with Crippen LogP contribution >= 0.6 is 11.3 Å². The lowest BCUT2D eigenvalue weighted by molar-refractivity contribution is 0.584. The molecule has 0 radical (unpaired) electrons. The third kappa shape index (κ3) is 1.83. The van der Waals surface area contributed by atoms with Crippen molar-refractivity contribution in [2.75, 3.05) is 31.1 Å². The van der Waals surface area contributed by atoms with Gasteiger partial charge in [-0.15, -0.1) is 11.3 Å². The van der Waals surface area contributed by atoms with Crippen molar-refractivity contribution in [1.29, 1.82) is 0 Å². The van der Waals surface area contributed by atoms with Crippen molar-refractivity contribution in [3.05, 3.63) is 23.6 Å². The van der Waals surface area contributed by atoms with Gasteiger partial charge in [-0.05, 0) is 11.4 Å². The lowest BCUT2D eigenvalue weighted by Gasteiger charge is -2.26. The third-order valence-corrected chi connectivity index (χ3v) is 3.70. The van der Waals surface area contributed by atoms with E-state index < -0.39 is 0 Å². The van der Waals surface area contributed by atoms with Crippen molar-refractivity contribution in [3.63, 3.8) is 0 Å². The van der Waals surface area contributed by atoms with Crippen molar-refractivity contribution in [2.45, 2.75) is 0 Å². The van der Waals surface area contributed by atoms with E-state index in [-0.39, 0.29) is 0 Å². The number of hydrogen-bond donors (Lipinski definition) is 2. The Morgan fingerprint density at radius 1 is 1.31 bits per heavy atom. The number of nitrogens with zero attached hydrogens (tertiary/aromatic N) is 2. The molecule has 1 aliphatic rings. The Hall–Kier alpha value is -1.33. The lowest BCUT2D eigenvalue weighted by Crippen LogP contribution is -2.43. The molecular formula is C11H14N4S. The molecule has 0 aliphatic carbocycles. The van der Waals surface area contributed by atoms with Crippen LogP contribution in [-0.4, -0.2) is 36.4 Å². The van der Waals surface area contributed by atoms with E-state index in [0.717, 1.165) is 37.7 Å². The van der Waals surface area contributed by atoms with Gasteiger partial charge in [-0.2, -0.15) is 5.10 Å². The lowest BCUT2D eigenvalue weighted by atomic mass is 10.3. The molecule has 16 heavy (non-hydrogen) atoms. The standard InChI is InChI=1S/C11H14N4S/c1-2-10(16-7-1)9-8-11(14-13-9)15-5-3-12-4-6-15/h1-2,7-8,12H,3-6H2,(H,13,14). The molecule has 0 atom stereocenters. The van der Waals surface area contributed by atoms with Gasteiger partial charge in [0.05, 0.1) is 10.6 Å². The molecule has 3 heterocycles. The van der Waals surface area contributed by atoms with Gasteiger partial charge >= 0.3 is 0 Å². The Bertz CT molecular complexity index is 442. The van der Waals surface area contributed by atoms with Crippen LogP contribution in [0, 0.1) is 0 Å². The summed E-state index contributed by atoms with van der Waals surface area (Å²) in [5.74, 6) is 1.06. The van der Waals surface area contributed by atoms with Crippen LogP contribution in [0.2, 0.25) is 0 Å². The molecule has 1 aliphatic heterocycles. The summed E-state index contributed by atoms with van der Waals surface area (Å²) < 4.78 is 0. The SMILES string of the molecule is c1csc(-c2cc(N3CCNCC3)n[nH]2)c1. The summed E-state index contributed by atoms with van der Waals surface area (Å²) in [7, 11) is 0. The zero-order chi connectivity index (χ0) is 10.8. The van der Waals surface area contributed by atoms with Gasteiger partial charge in [0, 0.05) is 32.2 Å². The Labute approximate surface area is 98.3 Å². The maximum Gasteiger partial charge on any atom is 0.151 e. The molecule has 5 heteroatoms. The zero-order valence-electron chi connectivity index (χ0n) is 8.94. The molecule has 2 aromatic rings. The summed E-state index contributed by atoms with van der Waals surface area (Å²) >= 11 is 1.73. The van der Waals surface area contributed by atoms with Gasteiger partial charge in [-0.1, -0.05) is 6.07 Å². The van der Waals surface area contributed by atoms with Crippen molar-refractivity contribution < 1.29 is 0 Å². The molecule has 3 rings (SSSR count). The molecular weight excluding hydrogens is 220 g/mol. The highest BCUT2D eigenvalue weighted by Gasteiger charge is 2.13. The van der Waals surface area contributed by atoms with Gasteiger partial charge in [0.25, 0.3) is 0 Å². The first kappa shape index (κ1) is 9.86. The molecule has 0 spiro atoms. The summed E-state index contributed by atoms with van der Waals surface area (Å²) in [6.07, 6.45) is 0. The highest BCUT2D eigenvalue weighted by atomic mass is 32.1. The van der Waals surface area contributed by atoms with E-state index in [1.54, 1.807) is 11.3 Å². The van der Waals surface area contributed by atoms with Crippen LogP contribution in [0.25, 0.3) is 10.6 Å². The number of anilines is 1. The number of aromatic nitrogens is 2. The monoisotopic (exact) mass is 234 g/mol. The maximum atomic E-state index is 4.38. The normalized spacial score (nSPS) is 16.6. The molecule has 1 saturated heterocycles. The zero-order valence-corrected chi connectivity index (χ0v) is 9.76. The Morgan fingerprint density at radius 3 is 2.94 bits per heavy atom. The fraction of sp³-hybridized carbons (Fsp3) is 0.364. The number of nitrogens with one attached hydrogen (secondary N) is 2. The summed E-state index contributed by atoms with van der Waals surface area (Å²) in [6.45, 7) is 4.16. The van der Waals surface area contributed by atoms with E-state index in [9.17, 15) is 0 Å². The van der Waals surface area contributed by atoms with E-state index in [1.165, 1.54) is 4.88 Å². The number of thiophene rings is 1. The highest BCUT2D eigenvalue weighted by Crippen LogP contribution is 2.25. The average molecular weight is 234 g/mol. The molecule has 84 valence electrons. The largest absolute Gasteiger partial charge is 0.353 e. The molecule has 0 amide bonds. The van der Waals surface area contributed by atoms with Gasteiger partial charge < -0.3 is 10.2 Å². The molecule has 4 nitrogen and oxygen atoms in total. The first-order valence-electron chi connectivity index (χ1n) is 5.48. The van der Waals surface area contributed by atoms with Gasteiger partial charge in [0.2, 0.25) is 0 Å². The summed E-state index contributed by atoms with van der Waals surface area (Å²) in [6, 6.07) is 6.31. The second-order valence-corrected chi connectivity index (χ2v) is 4.80. The van der Waals surface area contributed by atoms with Gasteiger partial charge in [0.15, 0.2) is 5.82 Å². The van der Waals surface area contributed by atoms with E-state index in [1.807, 2.05) is 0 Å². The van der Waals surface area contributed by atoms with E-state index in [0.29, 0.717) is 0 Å². The van der Waals surface area contributed by atoms with Gasteiger partial charge in [-0.25, -0.2) is 0 Å². The van der Waals surface area contributed by atoms with Crippen LogP contribution in [0.4, 0.5) is 5.82 Å². The maximum absolute atomic E-state index is 4.38. The van der Waals surface area contributed by atoms with E-state index in [4.69, 9.17) is 0 Å². The quantitative estimate of drug-likeness (QED) is 0.828. The van der Waals surface area contributed by atoms with Crippen molar-refractivity contribution >= 4 is 17.2 Å². The fourth-order valence-electron chi connectivity index (χ4n) is 1.93. The summed E-state index contributed by atoms with van der Waals surface area (Å²) in [5, 5.41) is 12.9. The van der Waals surface area contributed by atoms with Gasteiger partial charge in [0.1, 0.15) is 0 Å². The minimum absolute atomic E-state index is 1.04.